The van der Waals surface area contributed by atoms with Crippen molar-refractivity contribution in [2.75, 3.05) is 13.2 Å². The van der Waals surface area contributed by atoms with Gasteiger partial charge in [-0.3, -0.25) is 9.59 Å². The summed E-state index contributed by atoms with van der Waals surface area (Å²) in [5.41, 5.74) is 0. The summed E-state index contributed by atoms with van der Waals surface area (Å²) < 4.78 is 21.7. The maximum atomic E-state index is 12.7. The van der Waals surface area contributed by atoms with Gasteiger partial charge in [-0.1, -0.05) is 181 Å². The topological polar surface area (TPSA) is 169 Å². The van der Waals surface area contributed by atoms with E-state index in [1.807, 2.05) is 0 Å². The Balaban J connectivity index is 2.37. The van der Waals surface area contributed by atoms with Crippen molar-refractivity contribution in [3.63, 3.8) is 0 Å². The molecule has 0 aromatic rings. The highest BCUT2D eigenvalue weighted by Crippen LogP contribution is 2.23. The van der Waals surface area contributed by atoms with Crippen LogP contribution in [-0.4, -0.2) is 88.4 Å². The van der Waals surface area contributed by atoms with Crippen molar-refractivity contribution >= 4 is 17.9 Å². The number of aliphatic hydroxyl groups excluding tert-OH is 3. The van der Waals surface area contributed by atoms with Gasteiger partial charge in [0.2, 0.25) is 0 Å². The molecule has 1 fully saturated rings. The number of carboxylic acid groups (broad SMARTS) is 1. The molecule has 11 nitrogen and oxygen atoms in total. The van der Waals surface area contributed by atoms with Crippen molar-refractivity contribution in [2.24, 2.45) is 0 Å². The van der Waals surface area contributed by atoms with Gasteiger partial charge in [0.25, 0.3) is 0 Å². The van der Waals surface area contributed by atoms with Crippen molar-refractivity contribution in [1.82, 2.24) is 0 Å². The third kappa shape index (κ3) is 26.1. The highest BCUT2D eigenvalue weighted by Gasteiger charge is 2.47. The molecule has 0 radical (unpaired) electrons. The van der Waals surface area contributed by atoms with Gasteiger partial charge in [-0.15, -0.1) is 0 Å². The van der Waals surface area contributed by atoms with Gasteiger partial charge in [0, 0.05) is 12.8 Å². The fourth-order valence-corrected chi connectivity index (χ4v) is 6.94. The molecule has 1 saturated heterocycles. The van der Waals surface area contributed by atoms with Crippen LogP contribution in [0.5, 0.6) is 0 Å². The molecule has 1 aliphatic rings. The monoisotopic (exact) mass is 773 g/mol. The van der Waals surface area contributed by atoms with Gasteiger partial charge in [0.15, 0.2) is 18.5 Å². The van der Waals surface area contributed by atoms with Gasteiger partial charge < -0.3 is 39.4 Å². The second-order valence-corrected chi connectivity index (χ2v) is 15.6. The second kappa shape index (κ2) is 34.5. The van der Waals surface area contributed by atoms with Crippen LogP contribution >= 0.6 is 0 Å². The summed E-state index contributed by atoms with van der Waals surface area (Å²) in [7, 11) is 0. The van der Waals surface area contributed by atoms with E-state index in [2.05, 4.69) is 13.8 Å². The van der Waals surface area contributed by atoms with Gasteiger partial charge in [-0.25, -0.2) is 4.79 Å². The van der Waals surface area contributed by atoms with E-state index >= 15 is 0 Å². The van der Waals surface area contributed by atoms with Crippen LogP contribution in [0.15, 0.2) is 0 Å². The SMILES string of the molecule is CCCCCCCCCCCCCCCCC(=O)OCC(COC1OC(C(=O)O)C(O)C(O)C1O)OC(=O)CCCCCCCCCCCCCCCC. The van der Waals surface area contributed by atoms with Crippen molar-refractivity contribution in [1.29, 1.82) is 0 Å². The van der Waals surface area contributed by atoms with Crippen LogP contribution in [0.4, 0.5) is 0 Å². The number of aliphatic carboxylic acids is 1. The molecule has 6 atom stereocenters. The predicted octanol–water partition coefficient (Wildman–Crippen LogP) is 9.09. The molecule has 0 aliphatic carbocycles. The van der Waals surface area contributed by atoms with E-state index in [0.29, 0.717) is 12.8 Å². The summed E-state index contributed by atoms with van der Waals surface area (Å²) in [6, 6.07) is 0. The van der Waals surface area contributed by atoms with Gasteiger partial charge in [-0.2, -0.15) is 0 Å². The van der Waals surface area contributed by atoms with Crippen molar-refractivity contribution in [3.05, 3.63) is 0 Å². The van der Waals surface area contributed by atoms with Gasteiger partial charge >= 0.3 is 17.9 Å². The Hall–Kier alpha value is -1.79. The highest BCUT2D eigenvalue weighted by atomic mass is 16.7. The number of carbonyl (C=O) groups excluding carboxylic acids is 2. The lowest BCUT2D eigenvalue weighted by molar-refractivity contribution is -0.298. The number of carboxylic acids is 1. The first kappa shape index (κ1) is 50.2. The standard InChI is InChI=1S/C43H80O11/c1-3-5-7-9-11-13-15-17-19-21-23-25-27-29-31-36(44)51-33-35(34-52-43-40(48)38(46)39(47)41(54-43)42(49)50)53-37(45)32-30-28-26-24-22-20-18-16-14-12-10-8-6-4-2/h35,38-41,43,46-48H,3-34H2,1-2H3,(H,49,50). The summed E-state index contributed by atoms with van der Waals surface area (Å²) in [5, 5.41) is 39.7. The predicted molar refractivity (Wildman–Crippen MR) is 211 cm³/mol. The van der Waals surface area contributed by atoms with Crippen molar-refractivity contribution < 1.29 is 53.8 Å². The molecule has 4 N–H and O–H groups in total. The summed E-state index contributed by atoms with van der Waals surface area (Å²) in [6.07, 6.45) is 24.4. The number of hydrogen-bond acceptors (Lipinski definition) is 10. The zero-order valence-corrected chi connectivity index (χ0v) is 34.2. The van der Waals surface area contributed by atoms with Crippen LogP contribution in [0.3, 0.4) is 0 Å². The molecule has 54 heavy (non-hydrogen) atoms. The first-order chi connectivity index (χ1) is 26.2. The highest BCUT2D eigenvalue weighted by molar-refractivity contribution is 5.73. The van der Waals surface area contributed by atoms with Crippen LogP contribution in [0.2, 0.25) is 0 Å². The Labute approximate surface area is 327 Å². The van der Waals surface area contributed by atoms with Crippen molar-refractivity contribution in [3.8, 4) is 0 Å². The quantitative estimate of drug-likeness (QED) is 0.0351. The average Bonchev–Trinajstić information content (AvgIpc) is 3.15. The Morgan fingerprint density at radius 2 is 0.870 bits per heavy atom. The molecular weight excluding hydrogens is 692 g/mol. The van der Waals surface area contributed by atoms with Crippen LogP contribution in [0.25, 0.3) is 0 Å². The molecule has 0 aromatic carbocycles. The largest absolute Gasteiger partial charge is 0.479 e. The Morgan fingerprint density at radius 1 is 0.500 bits per heavy atom. The van der Waals surface area contributed by atoms with E-state index in [1.165, 1.54) is 128 Å². The lowest BCUT2D eigenvalue weighted by Crippen LogP contribution is -2.60. The minimum Gasteiger partial charge on any atom is -0.479 e. The lowest BCUT2D eigenvalue weighted by Gasteiger charge is -2.38. The molecule has 6 unspecified atom stereocenters. The molecule has 1 aliphatic heterocycles. The number of aliphatic hydroxyl groups is 3. The molecule has 0 bridgehead atoms. The first-order valence-electron chi connectivity index (χ1n) is 22.1. The molecule has 318 valence electrons. The normalized spacial score (nSPS) is 20.5. The maximum Gasteiger partial charge on any atom is 0.335 e. The Morgan fingerprint density at radius 3 is 1.26 bits per heavy atom. The molecule has 0 amide bonds. The van der Waals surface area contributed by atoms with E-state index in [9.17, 15) is 34.8 Å². The second-order valence-electron chi connectivity index (χ2n) is 15.6. The lowest BCUT2D eigenvalue weighted by atomic mass is 9.99. The summed E-state index contributed by atoms with van der Waals surface area (Å²) in [5.74, 6) is -2.43. The van der Waals surface area contributed by atoms with Gasteiger partial charge in [0.1, 0.15) is 24.9 Å². The van der Waals surface area contributed by atoms with Crippen molar-refractivity contribution in [2.45, 2.75) is 243 Å². The fraction of sp³-hybridized carbons (Fsp3) is 0.930. The van der Waals surface area contributed by atoms with E-state index in [1.54, 1.807) is 0 Å². The summed E-state index contributed by atoms with van der Waals surface area (Å²) >= 11 is 0. The minimum atomic E-state index is -1.85. The first-order valence-corrected chi connectivity index (χ1v) is 22.1. The van der Waals surface area contributed by atoms with E-state index in [4.69, 9.17) is 18.9 Å². The smallest absolute Gasteiger partial charge is 0.335 e. The third-order valence-electron chi connectivity index (χ3n) is 10.5. The van der Waals surface area contributed by atoms with E-state index in [-0.39, 0.29) is 26.1 Å². The van der Waals surface area contributed by atoms with Gasteiger partial charge in [-0.05, 0) is 12.8 Å². The molecule has 1 heterocycles. The van der Waals surface area contributed by atoms with E-state index < -0.39 is 54.7 Å². The number of unbranched alkanes of at least 4 members (excludes halogenated alkanes) is 26. The minimum absolute atomic E-state index is 0.191. The van der Waals surface area contributed by atoms with E-state index in [0.717, 1.165) is 38.5 Å². The zero-order chi connectivity index (χ0) is 39.7. The van der Waals surface area contributed by atoms with Crippen LogP contribution in [0, 0.1) is 0 Å². The number of esters is 2. The third-order valence-corrected chi connectivity index (χ3v) is 10.5. The Bertz CT molecular complexity index is 916. The van der Waals surface area contributed by atoms with Crippen LogP contribution in [0.1, 0.15) is 206 Å². The molecular formula is C43H80O11. The van der Waals surface area contributed by atoms with Crippen LogP contribution < -0.4 is 0 Å². The number of carbonyl (C=O) groups is 3. The average molecular weight is 773 g/mol. The zero-order valence-electron chi connectivity index (χ0n) is 34.2. The molecule has 0 saturated carbocycles. The summed E-state index contributed by atoms with van der Waals surface area (Å²) in [4.78, 5) is 36.7. The Kier molecular flexibility index (Phi) is 32.1. The fourth-order valence-electron chi connectivity index (χ4n) is 6.94. The number of rotatable bonds is 37. The molecule has 11 heteroatoms. The molecule has 0 aromatic heterocycles. The molecule has 0 spiro atoms. The number of hydrogen-bond donors (Lipinski definition) is 4. The molecule has 1 rings (SSSR count). The number of ether oxygens (including phenoxy) is 4. The van der Waals surface area contributed by atoms with Crippen LogP contribution in [-0.2, 0) is 33.3 Å². The summed E-state index contributed by atoms with van der Waals surface area (Å²) in [6.45, 7) is 3.83. The maximum absolute atomic E-state index is 12.7. The van der Waals surface area contributed by atoms with Gasteiger partial charge in [0.05, 0.1) is 6.61 Å².